The van der Waals surface area contributed by atoms with Crippen LogP contribution in [0.4, 0.5) is 5.69 Å². The van der Waals surface area contributed by atoms with Gasteiger partial charge in [-0.2, -0.15) is 16.1 Å². The van der Waals surface area contributed by atoms with E-state index < -0.39 is 10.0 Å². The molecule has 1 fully saturated rings. The summed E-state index contributed by atoms with van der Waals surface area (Å²) in [5.74, 6) is 0.833. The molecule has 1 aromatic carbocycles. The Morgan fingerprint density at radius 1 is 1.19 bits per heavy atom. The number of nitrogens with two attached hydrogens (primary N) is 1. The van der Waals surface area contributed by atoms with E-state index in [0.717, 1.165) is 23.3 Å². The summed E-state index contributed by atoms with van der Waals surface area (Å²) in [6, 6.07) is 3.47. The van der Waals surface area contributed by atoms with Crippen LogP contribution in [0.3, 0.4) is 0 Å². The Morgan fingerprint density at radius 2 is 1.76 bits per heavy atom. The standard InChI is InChI=1S/C15H24N2O2S2/c1-11-9-13(16)10-12(2)14(11)21(18,19)17-6-5-15(3,4)20-8-7-17/h9-10H,5-8,16H2,1-4H3. The van der Waals surface area contributed by atoms with Crippen molar-refractivity contribution in [3.63, 3.8) is 0 Å². The molecule has 0 bridgehead atoms. The van der Waals surface area contributed by atoms with E-state index in [2.05, 4.69) is 13.8 Å². The van der Waals surface area contributed by atoms with Gasteiger partial charge in [0.15, 0.2) is 0 Å². The molecule has 0 aliphatic carbocycles. The lowest BCUT2D eigenvalue weighted by atomic mass is 10.1. The third kappa shape index (κ3) is 3.55. The Hall–Kier alpha value is -0.720. The topological polar surface area (TPSA) is 63.4 Å². The van der Waals surface area contributed by atoms with Gasteiger partial charge in [0.1, 0.15) is 0 Å². The SMILES string of the molecule is Cc1cc(N)cc(C)c1S(=O)(=O)N1CCSC(C)(C)CC1. The number of hydrogen-bond acceptors (Lipinski definition) is 4. The lowest BCUT2D eigenvalue weighted by Gasteiger charge is -2.24. The minimum atomic E-state index is -3.45. The summed E-state index contributed by atoms with van der Waals surface area (Å²) < 4.78 is 27.7. The van der Waals surface area contributed by atoms with Gasteiger partial charge in [-0.1, -0.05) is 13.8 Å². The van der Waals surface area contributed by atoms with Crippen LogP contribution in [-0.2, 0) is 10.0 Å². The number of benzene rings is 1. The second-order valence-corrected chi connectivity index (χ2v) is 9.92. The third-order valence-electron chi connectivity index (χ3n) is 3.88. The summed E-state index contributed by atoms with van der Waals surface area (Å²) in [6.07, 6.45) is 0.865. The van der Waals surface area contributed by atoms with Crippen LogP contribution in [0, 0.1) is 13.8 Å². The Kier molecular flexibility index (Phi) is 4.61. The number of sulfonamides is 1. The summed E-state index contributed by atoms with van der Waals surface area (Å²) in [5, 5.41) is 0. The zero-order valence-corrected chi connectivity index (χ0v) is 14.8. The van der Waals surface area contributed by atoms with Gasteiger partial charge >= 0.3 is 0 Å². The zero-order chi connectivity index (χ0) is 15.8. The molecule has 1 aromatic rings. The highest BCUT2D eigenvalue weighted by Gasteiger charge is 2.32. The predicted octanol–water partition coefficient (Wildman–Crippen LogP) is 2.79. The summed E-state index contributed by atoms with van der Waals surface area (Å²) >= 11 is 1.84. The summed E-state index contributed by atoms with van der Waals surface area (Å²) in [6.45, 7) is 9.12. The van der Waals surface area contributed by atoms with Crippen LogP contribution in [0.5, 0.6) is 0 Å². The number of nitrogens with zero attached hydrogens (tertiary/aromatic N) is 1. The largest absolute Gasteiger partial charge is 0.399 e. The summed E-state index contributed by atoms with van der Waals surface area (Å²) in [5.41, 5.74) is 7.86. The van der Waals surface area contributed by atoms with Crippen molar-refractivity contribution in [1.29, 1.82) is 0 Å². The average molecular weight is 329 g/mol. The lowest BCUT2D eigenvalue weighted by Crippen LogP contribution is -2.34. The van der Waals surface area contributed by atoms with Crippen molar-refractivity contribution in [3.05, 3.63) is 23.3 Å². The van der Waals surface area contributed by atoms with E-state index in [1.165, 1.54) is 0 Å². The number of hydrogen-bond donors (Lipinski definition) is 1. The molecule has 2 N–H and O–H groups in total. The molecule has 0 saturated carbocycles. The average Bonchev–Trinajstić information content (AvgIpc) is 2.48. The fraction of sp³-hybridized carbons (Fsp3) is 0.600. The van der Waals surface area contributed by atoms with Gasteiger partial charge in [-0.05, 0) is 43.5 Å². The van der Waals surface area contributed by atoms with Gasteiger partial charge in [0.05, 0.1) is 4.90 Å². The summed E-state index contributed by atoms with van der Waals surface area (Å²) in [4.78, 5) is 0.418. The molecule has 1 aliphatic heterocycles. The van der Waals surface area contributed by atoms with Gasteiger partial charge in [0.25, 0.3) is 0 Å². The molecule has 1 saturated heterocycles. The molecule has 6 heteroatoms. The fourth-order valence-electron chi connectivity index (χ4n) is 2.76. The number of nitrogen functional groups attached to an aromatic ring is 1. The van der Waals surface area contributed by atoms with E-state index in [4.69, 9.17) is 5.73 Å². The second-order valence-electron chi connectivity index (χ2n) is 6.25. The molecule has 21 heavy (non-hydrogen) atoms. The molecule has 1 aliphatic rings. The number of aryl methyl sites for hydroxylation is 2. The molecule has 4 nitrogen and oxygen atoms in total. The fourth-order valence-corrected chi connectivity index (χ4v) is 5.83. The van der Waals surface area contributed by atoms with Crippen LogP contribution in [0.1, 0.15) is 31.4 Å². The Balaban J connectivity index is 2.39. The molecule has 2 rings (SSSR count). The van der Waals surface area contributed by atoms with Crippen LogP contribution in [0.15, 0.2) is 17.0 Å². The Morgan fingerprint density at radius 3 is 2.33 bits per heavy atom. The minimum Gasteiger partial charge on any atom is -0.399 e. The number of rotatable bonds is 2. The molecule has 0 atom stereocenters. The number of anilines is 1. The third-order valence-corrected chi connectivity index (χ3v) is 7.45. The maximum absolute atomic E-state index is 13.0. The van der Waals surface area contributed by atoms with Crippen LogP contribution >= 0.6 is 11.8 Å². The number of thioether (sulfide) groups is 1. The Labute approximate surface area is 132 Å². The Bertz CT molecular complexity index is 616. The highest BCUT2D eigenvalue weighted by atomic mass is 32.2. The first-order valence-electron chi connectivity index (χ1n) is 7.14. The molecule has 0 unspecified atom stereocenters. The van der Waals surface area contributed by atoms with Crippen LogP contribution in [0.2, 0.25) is 0 Å². The van der Waals surface area contributed by atoms with E-state index in [1.54, 1.807) is 16.4 Å². The van der Waals surface area contributed by atoms with Gasteiger partial charge in [0, 0.05) is 29.3 Å². The van der Waals surface area contributed by atoms with Crippen LogP contribution in [0.25, 0.3) is 0 Å². The summed E-state index contributed by atoms with van der Waals surface area (Å²) in [7, 11) is -3.45. The van der Waals surface area contributed by atoms with Crippen molar-refractivity contribution < 1.29 is 8.42 Å². The minimum absolute atomic E-state index is 0.134. The second kappa shape index (κ2) is 5.82. The van der Waals surface area contributed by atoms with E-state index in [0.29, 0.717) is 23.7 Å². The van der Waals surface area contributed by atoms with Crippen molar-refractivity contribution >= 4 is 27.5 Å². The van der Waals surface area contributed by atoms with Crippen molar-refractivity contribution in [1.82, 2.24) is 4.31 Å². The van der Waals surface area contributed by atoms with Gasteiger partial charge in [-0.15, -0.1) is 0 Å². The highest BCUT2D eigenvalue weighted by Crippen LogP contribution is 2.33. The molecule has 1 heterocycles. The van der Waals surface area contributed by atoms with Gasteiger partial charge < -0.3 is 5.73 Å². The maximum atomic E-state index is 13.0. The van der Waals surface area contributed by atoms with Crippen molar-refractivity contribution in [3.8, 4) is 0 Å². The van der Waals surface area contributed by atoms with Crippen molar-refractivity contribution in [2.45, 2.75) is 43.8 Å². The first-order valence-corrected chi connectivity index (χ1v) is 9.57. The first-order chi connectivity index (χ1) is 9.63. The quantitative estimate of drug-likeness (QED) is 0.848. The van der Waals surface area contributed by atoms with Crippen molar-refractivity contribution in [2.24, 2.45) is 0 Å². The zero-order valence-electron chi connectivity index (χ0n) is 13.1. The first kappa shape index (κ1) is 16.6. The lowest BCUT2D eigenvalue weighted by molar-refractivity contribution is 0.415. The molecule has 0 aromatic heterocycles. The maximum Gasteiger partial charge on any atom is 0.243 e. The van der Waals surface area contributed by atoms with Gasteiger partial charge in [0.2, 0.25) is 10.0 Å². The predicted molar refractivity (Wildman–Crippen MR) is 90.2 cm³/mol. The molecular formula is C15H24N2O2S2. The molecular weight excluding hydrogens is 304 g/mol. The van der Waals surface area contributed by atoms with E-state index in [-0.39, 0.29) is 4.75 Å². The molecule has 0 amide bonds. The van der Waals surface area contributed by atoms with E-state index >= 15 is 0 Å². The molecule has 0 spiro atoms. The van der Waals surface area contributed by atoms with E-state index in [9.17, 15) is 8.42 Å². The van der Waals surface area contributed by atoms with Crippen LogP contribution < -0.4 is 5.73 Å². The van der Waals surface area contributed by atoms with Crippen molar-refractivity contribution in [2.75, 3.05) is 24.6 Å². The van der Waals surface area contributed by atoms with E-state index in [1.807, 2.05) is 25.6 Å². The highest BCUT2D eigenvalue weighted by molar-refractivity contribution is 8.00. The van der Waals surface area contributed by atoms with Gasteiger partial charge in [-0.3, -0.25) is 0 Å². The van der Waals surface area contributed by atoms with Crippen LogP contribution in [-0.4, -0.2) is 36.3 Å². The van der Waals surface area contributed by atoms with Gasteiger partial charge in [-0.25, -0.2) is 8.42 Å². The smallest absolute Gasteiger partial charge is 0.243 e. The normalized spacial score (nSPS) is 20.2. The molecule has 0 radical (unpaired) electrons. The molecule has 118 valence electrons. The monoisotopic (exact) mass is 328 g/mol.